The number of hydrogen-bond donors (Lipinski definition) is 3. The number of benzene rings is 2. The molecule has 4 aromatic rings. The van der Waals surface area contributed by atoms with Crippen molar-refractivity contribution in [3.05, 3.63) is 72.4 Å². The Kier molecular flexibility index (Phi) is 5.64. The van der Waals surface area contributed by atoms with Crippen molar-refractivity contribution in [1.82, 2.24) is 19.3 Å². The summed E-state index contributed by atoms with van der Waals surface area (Å²) in [6.45, 7) is 5.35. The molecule has 0 amide bonds. The Labute approximate surface area is 191 Å². The van der Waals surface area contributed by atoms with Crippen molar-refractivity contribution in [3.8, 4) is 11.3 Å². The van der Waals surface area contributed by atoms with Gasteiger partial charge in [-0.05, 0) is 63.2 Å². The van der Waals surface area contributed by atoms with Crippen molar-refractivity contribution in [1.29, 1.82) is 0 Å². The summed E-state index contributed by atoms with van der Waals surface area (Å²) in [6, 6.07) is 16.6. The van der Waals surface area contributed by atoms with Gasteiger partial charge in [0.2, 0.25) is 16.0 Å². The molecule has 170 valence electrons. The molecule has 2 heterocycles. The third-order valence-electron chi connectivity index (χ3n) is 4.64. The van der Waals surface area contributed by atoms with Crippen molar-refractivity contribution in [2.75, 3.05) is 5.32 Å². The summed E-state index contributed by atoms with van der Waals surface area (Å²) >= 11 is 0. The van der Waals surface area contributed by atoms with Crippen LogP contribution >= 0.6 is 0 Å². The van der Waals surface area contributed by atoms with E-state index in [0.717, 1.165) is 5.52 Å². The molecular formula is C23H23N5O4S. The average molecular weight is 466 g/mol. The van der Waals surface area contributed by atoms with E-state index < -0.39 is 21.5 Å². The monoisotopic (exact) mass is 465 g/mol. The van der Waals surface area contributed by atoms with Crippen LogP contribution in [-0.4, -0.2) is 39.6 Å². The Morgan fingerprint density at radius 3 is 2.52 bits per heavy atom. The van der Waals surface area contributed by atoms with Gasteiger partial charge in [-0.1, -0.05) is 18.2 Å². The van der Waals surface area contributed by atoms with Gasteiger partial charge >= 0.3 is 5.97 Å². The highest BCUT2D eigenvalue weighted by molar-refractivity contribution is 7.89. The molecule has 2 aromatic carbocycles. The van der Waals surface area contributed by atoms with Crippen LogP contribution in [-0.2, 0) is 10.0 Å². The molecule has 0 aliphatic carbocycles. The van der Waals surface area contributed by atoms with Crippen LogP contribution in [0.1, 0.15) is 31.1 Å². The minimum atomic E-state index is -3.70. The highest BCUT2D eigenvalue weighted by atomic mass is 32.2. The van der Waals surface area contributed by atoms with Crippen molar-refractivity contribution in [2.24, 2.45) is 0 Å². The fourth-order valence-electron chi connectivity index (χ4n) is 3.32. The van der Waals surface area contributed by atoms with Gasteiger partial charge in [0.1, 0.15) is 0 Å². The fourth-order valence-corrected chi connectivity index (χ4v) is 4.79. The van der Waals surface area contributed by atoms with Crippen molar-refractivity contribution >= 4 is 33.1 Å². The summed E-state index contributed by atoms with van der Waals surface area (Å²) in [5, 5.41) is 16.7. The van der Waals surface area contributed by atoms with Crippen LogP contribution in [0.3, 0.4) is 0 Å². The Balaban J connectivity index is 1.70. The zero-order valence-electron chi connectivity index (χ0n) is 18.3. The van der Waals surface area contributed by atoms with Gasteiger partial charge in [-0.3, -0.25) is 0 Å². The number of carboxylic acid groups (broad SMARTS) is 1. The zero-order chi connectivity index (χ0) is 23.8. The number of nitrogens with one attached hydrogen (secondary N) is 2. The van der Waals surface area contributed by atoms with E-state index in [9.17, 15) is 18.3 Å². The van der Waals surface area contributed by atoms with Crippen LogP contribution in [0.2, 0.25) is 0 Å². The topological polar surface area (TPSA) is 126 Å². The van der Waals surface area contributed by atoms with Crippen molar-refractivity contribution < 1.29 is 18.3 Å². The van der Waals surface area contributed by atoms with Crippen LogP contribution in [0.25, 0.3) is 16.8 Å². The number of hydrogen-bond acceptors (Lipinski definition) is 6. The van der Waals surface area contributed by atoms with Gasteiger partial charge in [0.15, 0.2) is 0 Å². The lowest BCUT2D eigenvalue weighted by atomic mass is 10.1. The minimum Gasteiger partial charge on any atom is -0.478 e. The third kappa shape index (κ3) is 5.02. The summed E-state index contributed by atoms with van der Waals surface area (Å²) < 4.78 is 29.9. The summed E-state index contributed by atoms with van der Waals surface area (Å²) in [6.07, 6.45) is 1.63. The molecule has 0 aliphatic heterocycles. The number of rotatable bonds is 6. The van der Waals surface area contributed by atoms with E-state index in [4.69, 9.17) is 0 Å². The van der Waals surface area contributed by atoms with Crippen molar-refractivity contribution in [3.63, 3.8) is 0 Å². The van der Waals surface area contributed by atoms with Gasteiger partial charge in [-0.15, -0.1) is 5.10 Å². The number of carboxylic acids is 1. The van der Waals surface area contributed by atoms with Crippen LogP contribution in [0.4, 0.5) is 11.6 Å². The smallest absolute Gasteiger partial charge is 0.335 e. The lowest BCUT2D eigenvalue weighted by molar-refractivity contribution is 0.0697. The SMILES string of the molecule is CC(C)(C)NS(=O)(=O)c1cccc(-c2ccc3cnc(Nc4cccc(C(=O)O)c4)nn23)c1. The molecule has 0 atom stereocenters. The summed E-state index contributed by atoms with van der Waals surface area (Å²) in [5.41, 5.74) is 2.14. The van der Waals surface area contributed by atoms with E-state index in [1.807, 2.05) is 18.2 Å². The second-order valence-electron chi connectivity index (χ2n) is 8.53. The number of carbonyl (C=O) groups is 1. The third-order valence-corrected chi connectivity index (χ3v) is 6.40. The van der Waals surface area contributed by atoms with Gasteiger partial charge in [0.25, 0.3) is 0 Å². The lowest BCUT2D eigenvalue weighted by Crippen LogP contribution is -2.40. The van der Waals surface area contributed by atoms with E-state index in [1.165, 1.54) is 12.1 Å². The maximum Gasteiger partial charge on any atom is 0.335 e. The first kappa shape index (κ1) is 22.4. The normalized spacial score (nSPS) is 12.1. The number of sulfonamides is 1. The summed E-state index contributed by atoms with van der Waals surface area (Å²) in [4.78, 5) is 15.7. The molecular weight excluding hydrogens is 442 g/mol. The Morgan fingerprint density at radius 1 is 1.03 bits per heavy atom. The predicted octanol–water partition coefficient (Wildman–Crippen LogP) is 3.91. The molecule has 10 heteroatoms. The maximum atomic E-state index is 12.8. The molecule has 2 aromatic heterocycles. The van der Waals surface area contributed by atoms with Crippen molar-refractivity contribution in [2.45, 2.75) is 31.2 Å². The molecule has 3 N–H and O–H groups in total. The number of aromatic carboxylic acids is 1. The van der Waals surface area contributed by atoms with E-state index in [2.05, 4.69) is 20.1 Å². The molecule has 0 aliphatic rings. The molecule has 0 fully saturated rings. The highest BCUT2D eigenvalue weighted by Gasteiger charge is 2.22. The largest absolute Gasteiger partial charge is 0.478 e. The zero-order valence-corrected chi connectivity index (χ0v) is 19.1. The van der Waals surface area contributed by atoms with Gasteiger partial charge in [-0.25, -0.2) is 27.4 Å². The standard InChI is InChI=1S/C23H23N5O4S/c1-23(2,3)27-33(31,32)19-9-5-6-15(13-19)20-11-10-18-14-24-22(26-28(18)20)25-17-8-4-7-16(12-17)21(29)30/h4-14,27H,1-3H3,(H,25,26)(H,29,30). The molecule has 33 heavy (non-hydrogen) atoms. The molecule has 9 nitrogen and oxygen atoms in total. The number of fused-ring (bicyclic) bond motifs is 1. The molecule has 0 radical (unpaired) electrons. The van der Waals surface area contributed by atoms with Gasteiger partial charge in [0, 0.05) is 16.8 Å². The predicted molar refractivity (Wildman–Crippen MR) is 125 cm³/mol. The Hall–Kier alpha value is -3.76. The molecule has 0 bridgehead atoms. The highest BCUT2D eigenvalue weighted by Crippen LogP contribution is 2.25. The van der Waals surface area contributed by atoms with Gasteiger partial charge in [0.05, 0.1) is 27.9 Å². The summed E-state index contributed by atoms with van der Waals surface area (Å²) in [5.74, 6) is -0.765. The first-order chi connectivity index (χ1) is 15.5. The number of anilines is 2. The Morgan fingerprint density at radius 2 is 1.79 bits per heavy atom. The minimum absolute atomic E-state index is 0.143. The first-order valence-corrected chi connectivity index (χ1v) is 11.6. The fraction of sp³-hybridized carbons (Fsp3) is 0.174. The second-order valence-corrected chi connectivity index (χ2v) is 10.2. The number of aromatic nitrogens is 3. The van der Waals surface area contributed by atoms with E-state index in [-0.39, 0.29) is 16.4 Å². The first-order valence-electron chi connectivity index (χ1n) is 10.1. The van der Waals surface area contributed by atoms with Gasteiger partial charge in [-0.2, -0.15) is 0 Å². The molecule has 0 unspecified atom stereocenters. The average Bonchev–Trinajstić information content (AvgIpc) is 3.16. The van der Waals surface area contributed by atoms with E-state index in [0.29, 0.717) is 16.9 Å². The lowest BCUT2D eigenvalue weighted by Gasteiger charge is -2.20. The number of nitrogens with zero attached hydrogens (tertiary/aromatic N) is 3. The van der Waals surface area contributed by atoms with Gasteiger partial charge < -0.3 is 10.4 Å². The van der Waals surface area contributed by atoms with E-state index >= 15 is 0 Å². The maximum absolute atomic E-state index is 12.8. The Bertz CT molecular complexity index is 1460. The van der Waals surface area contributed by atoms with Crippen LogP contribution in [0, 0.1) is 0 Å². The van der Waals surface area contributed by atoms with Crippen LogP contribution in [0.5, 0.6) is 0 Å². The second kappa shape index (κ2) is 8.30. The molecule has 0 spiro atoms. The molecule has 0 saturated heterocycles. The quantitative estimate of drug-likeness (QED) is 0.394. The van der Waals surface area contributed by atoms with Crippen LogP contribution in [0.15, 0.2) is 71.8 Å². The molecule has 0 saturated carbocycles. The molecule has 4 rings (SSSR count). The van der Waals surface area contributed by atoms with E-state index in [1.54, 1.807) is 61.8 Å². The van der Waals surface area contributed by atoms with Crippen LogP contribution < -0.4 is 10.0 Å². The summed E-state index contributed by atoms with van der Waals surface area (Å²) in [7, 11) is -3.70.